The van der Waals surface area contributed by atoms with Crippen LogP contribution in [0.5, 0.6) is 0 Å². The second-order valence-electron chi connectivity index (χ2n) is 14.0. The van der Waals surface area contributed by atoms with E-state index in [1.165, 1.54) is 19.1 Å². The molecule has 12 heteroatoms. The topological polar surface area (TPSA) is 156 Å². The number of rotatable bonds is 13. The summed E-state index contributed by atoms with van der Waals surface area (Å²) in [7, 11) is 2.47. The number of hydrogen-bond acceptors (Lipinski definition) is 8. The van der Waals surface area contributed by atoms with Crippen molar-refractivity contribution in [2.24, 2.45) is 5.41 Å². The average molecular weight is 711 g/mol. The van der Waals surface area contributed by atoms with Crippen LogP contribution in [0.3, 0.4) is 0 Å². The standard InChI is InChI=1S/C40H46N4O8/c1-39(2,3)52-38(49)43-32(21-28-24-41-31-19-13-12-18-30(28)31)34(45)42-25-29-23-40(37(48)51-5,22-27-16-10-7-11-17-27)36(47)44(29)33(35(46)50-4)20-26-14-8-6-9-15-26/h6-19,24,29,32-33,41H,20-23,25H2,1-5H3,(H,42,45)(H,43,49)/t29-,32-,33+,40-/m1/s1. The first-order valence-electron chi connectivity index (χ1n) is 17.2. The third-order valence-electron chi connectivity index (χ3n) is 9.25. The molecule has 1 fully saturated rings. The Morgan fingerprint density at radius 3 is 2.15 bits per heavy atom. The van der Waals surface area contributed by atoms with Crippen LogP contribution in [0.2, 0.25) is 0 Å². The summed E-state index contributed by atoms with van der Waals surface area (Å²) in [6, 6.07) is 22.9. The van der Waals surface area contributed by atoms with E-state index in [1.54, 1.807) is 27.0 Å². The van der Waals surface area contributed by atoms with E-state index in [0.29, 0.717) is 0 Å². The maximum absolute atomic E-state index is 14.7. The molecular weight excluding hydrogens is 664 g/mol. The monoisotopic (exact) mass is 710 g/mol. The van der Waals surface area contributed by atoms with Crippen LogP contribution >= 0.6 is 0 Å². The van der Waals surface area contributed by atoms with E-state index in [9.17, 15) is 24.0 Å². The Kier molecular flexibility index (Phi) is 11.7. The molecule has 3 N–H and O–H groups in total. The number of carbonyl (C=O) groups excluding carboxylic acids is 5. The predicted octanol–water partition coefficient (Wildman–Crippen LogP) is 4.51. The Bertz CT molecular complexity index is 1890. The number of H-pyrrole nitrogens is 1. The van der Waals surface area contributed by atoms with Crippen molar-refractivity contribution in [1.82, 2.24) is 20.5 Å². The molecule has 1 saturated heterocycles. The number of para-hydroxylation sites is 1. The van der Waals surface area contributed by atoms with Crippen LogP contribution in [-0.4, -0.2) is 84.2 Å². The maximum atomic E-state index is 14.7. The van der Waals surface area contributed by atoms with Crippen LogP contribution in [0, 0.1) is 5.41 Å². The minimum atomic E-state index is -1.69. The Morgan fingerprint density at radius 1 is 0.885 bits per heavy atom. The number of likely N-dealkylation sites (tertiary alicyclic amines) is 1. The van der Waals surface area contributed by atoms with Gasteiger partial charge in [0.1, 0.15) is 17.7 Å². The van der Waals surface area contributed by atoms with Crippen LogP contribution < -0.4 is 10.6 Å². The summed E-state index contributed by atoms with van der Waals surface area (Å²) in [6.45, 7) is 5.04. The Hall–Kier alpha value is -5.65. The van der Waals surface area contributed by atoms with Crippen molar-refractivity contribution in [1.29, 1.82) is 0 Å². The first kappa shape index (κ1) is 37.6. The smallest absolute Gasteiger partial charge is 0.408 e. The van der Waals surface area contributed by atoms with Gasteiger partial charge >= 0.3 is 18.0 Å². The Morgan fingerprint density at radius 2 is 1.52 bits per heavy atom. The molecule has 274 valence electrons. The highest BCUT2D eigenvalue weighted by Crippen LogP contribution is 2.42. The van der Waals surface area contributed by atoms with Gasteiger partial charge in [0.15, 0.2) is 5.41 Å². The number of nitrogens with one attached hydrogen (secondary N) is 3. The van der Waals surface area contributed by atoms with E-state index in [2.05, 4.69) is 15.6 Å². The lowest BCUT2D eigenvalue weighted by atomic mass is 9.78. The molecule has 0 unspecified atom stereocenters. The quantitative estimate of drug-likeness (QED) is 0.104. The second-order valence-corrected chi connectivity index (χ2v) is 14.0. The molecule has 4 aromatic rings. The van der Waals surface area contributed by atoms with E-state index in [1.807, 2.05) is 84.9 Å². The lowest BCUT2D eigenvalue weighted by Crippen LogP contribution is -2.55. The molecule has 0 spiro atoms. The van der Waals surface area contributed by atoms with Gasteiger partial charge in [0.2, 0.25) is 11.8 Å². The molecule has 0 saturated carbocycles. The molecule has 3 amide bonds. The lowest BCUT2D eigenvalue weighted by molar-refractivity contribution is -0.163. The molecule has 3 aromatic carbocycles. The van der Waals surface area contributed by atoms with Crippen molar-refractivity contribution >= 4 is 40.7 Å². The average Bonchev–Trinajstić information content (AvgIpc) is 3.66. The van der Waals surface area contributed by atoms with Gasteiger partial charge in [-0.05, 0) is 56.4 Å². The third-order valence-corrected chi connectivity index (χ3v) is 9.25. The fourth-order valence-corrected chi connectivity index (χ4v) is 6.89. The zero-order valence-electron chi connectivity index (χ0n) is 30.1. The first-order chi connectivity index (χ1) is 24.8. The molecule has 2 heterocycles. The van der Waals surface area contributed by atoms with Crippen molar-refractivity contribution in [3.05, 3.63) is 108 Å². The number of carbonyl (C=O) groups is 5. The number of fused-ring (bicyclic) bond motifs is 1. The second kappa shape index (κ2) is 16.1. The molecule has 5 rings (SSSR count). The van der Waals surface area contributed by atoms with Gasteiger partial charge in [0, 0.05) is 36.5 Å². The van der Waals surface area contributed by atoms with Crippen molar-refractivity contribution in [3.63, 3.8) is 0 Å². The number of aromatic amines is 1. The normalized spacial score (nSPS) is 18.4. The van der Waals surface area contributed by atoms with Crippen molar-refractivity contribution in [2.75, 3.05) is 20.8 Å². The molecule has 0 aliphatic carbocycles. The molecule has 0 bridgehead atoms. The molecule has 4 atom stereocenters. The first-order valence-corrected chi connectivity index (χ1v) is 17.2. The van der Waals surface area contributed by atoms with Crippen LogP contribution in [0.25, 0.3) is 10.9 Å². The van der Waals surface area contributed by atoms with Gasteiger partial charge in [0.05, 0.1) is 20.3 Å². The zero-order chi connectivity index (χ0) is 37.5. The summed E-state index contributed by atoms with van der Waals surface area (Å²) in [5.74, 6) is -2.55. The highest BCUT2D eigenvalue weighted by molar-refractivity contribution is 6.06. The molecule has 1 aromatic heterocycles. The minimum absolute atomic E-state index is 0.0168. The highest BCUT2D eigenvalue weighted by Gasteiger charge is 2.60. The van der Waals surface area contributed by atoms with Gasteiger partial charge in [-0.15, -0.1) is 0 Å². The minimum Gasteiger partial charge on any atom is -0.468 e. The molecule has 1 aliphatic rings. The molecule has 12 nitrogen and oxygen atoms in total. The van der Waals surface area contributed by atoms with E-state index in [4.69, 9.17) is 14.2 Å². The molecule has 52 heavy (non-hydrogen) atoms. The van der Waals surface area contributed by atoms with Gasteiger partial charge in [0.25, 0.3) is 0 Å². The SMILES string of the molecule is COC(=O)[C@H](Cc1ccccc1)N1C(=O)[C@](Cc2ccccc2)(C(=O)OC)C[C@@H]1CNC(=O)[C@@H](Cc1c[nH]c2ccccc12)NC(=O)OC(C)(C)C. The van der Waals surface area contributed by atoms with E-state index < -0.39 is 59.0 Å². The number of alkyl carbamates (subject to hydrolysis) is 1. The zero-order valence-corrected chi connectivity index (χ0v) is 30.1. The summed E-state index contributed by atoms with van der Waals surface area (Å²) >= 11 is 0. The van der Waals surface area contributed by atoms with E-state index >= 15 is 0 Å². The third kappa shape index (κ3) is 8.62. The van der Waals surface area contributed by atoms with Gasteiger partial charge in [-0.25, -0.2) is 9.59 Å². The van der Waals surface area contributed by atoms with Crippen LogP contribution in [0.1, 0.15) is 43.9 Å². The number of benzene rings is 3. The highest BCUT2D eigenvalue weighted by atomic mass is 16.6. The number of aromatic nitrogens is 1. The van der Waals surface area contributed by atoms with Gasteiger partial charge < -0.3 is 34.7 Å². The van der Waals surface area contributed by atoms with Gasteiger partial charge in [-0.2, -0.15) is 0 Å². The Balaban J connectivity index is 1.49. The summed E-state index contributed by atoms with van der Waals surface area (Å²) in [5, 5.41) is 6.53. The molecule has 0 radical (unpaired) electrons. The number of esters is 2. The van der Waals surface area contributed by atoms with Crippen molar-refractivity contribution in [2.45, 2.75) is 70.2 Å². The summed E-state index contributed by atoms with van der Waals surface area (Å²) in [5.41, 5.74) is 0.668. The van der Waals surface area contributed by atoms with Crippen LogP contribution in [0.4, 0.5) is 4.79 Å². The number of methoxy groups -OCH3 is 2. The number of nitrogens with zero attached hydrogens (tertiary/aromatic N) is 1. The van der Waals surface area contributed by atoms with Crippen molar-refractivity contribution in [3.8, 4) is 0 Å². The van der Waals surface area contributed by atoms with Crippen LogP contribution in [0.15, 0.2) is 91.1 Å². The maximum Gasteiger partial charge on any atom is 0.408 e. The fraction of sp³-hybridized carbons (Fsp3) is 0.375. The summed E-state index contributed by atoms with van der Waals surface area (Å²) < 4.78 is 15.9. The predicted molar refractivity (Wildman–Crippen MR) is 194 cm³/mol. The van der Waals surface area contributed by atoms with Crippen LogP contribution in [-0.2, 0) is 52.7 Å². The van der Waals surface area contributed by atoms with Gasteiger partial charge in [-0.3, -0.25) is 14.4 Å². The summed E-state index contributed by atoms with van der Waals surface area (Å²) in [6.07, 6.45) is 1.21. The molecular formula is C40H46N4O8. The number of hydrogen-bond donors (Lipinski definition) is 3. The number of amides is 3. The molecule has 1 aliphatic heterocycles. The van der Waals surface area contributed by atoms with Gasteiger partial charge in [-0.1, -0.05) is 78.9 Å². The van der Waals surface area contributed by atoms with E-state index in [0.717, 1.165) is 27.6 Å². The van der Waals surface area contributed by atoms with Crippen molar-refractivity contribution < 1.29 is 38.2 Å². The lowest BCUT2D eigenvalue weighted by Gasteiger charge is -2.32. The fourth-order valence-electron chi connectivity index (χ4n) is 6.89. The number of ether oxygens (including phenoxy) is 3. The van der Waals surface area contributed by atoms with E-state index in [-0.39, 0.29) is 32.2 Å². The summed E-state index contributed by atoms with van der Waals surface area (Å²) in [4.78, 5) is 73.5. The largest absolute Gasteiger partial charge is 0.468 e. The Labute approximate surface area is 303 Å².